The summed E-state index contributed by atoms with van der Waals surface area (Å²) in [6.45, 7) is 7.97. The highest BCUT2D eigenvalue weighted by Gasteiger charge is 2.35. The van der Waals surface area contributed by atoms with Crippen LogP contribution in [0.5, 0.6) is 0 Å². The molecule has 2 aliphatic rings. The van der Waals surface area contributed by atoms with Crippen molar-refractivity contribution in [1.29, 1.82) is 0 Å². The van der Waals surface area contributed by atoms with E-state index in [2.05, 4.69) is 10.6 Å². The van der Waals surface area contributed by atoms with Gasteiger partial charge in [0, 0.05) is 0 Å². The van der Waals surface area contributed by atoms with Crippen LogP contribution in [0.25, 0.3) is 0 Å². The van der Waals surface area contributed by atoms with Gasteiger partial charge in [-0.3, -0.25) is 9.59 Å². The highest BCUT2D eigenvalue weighted by atomic mass is 16.3. The number of rotatable bonds is 14. The molecule has 0 spiro atoms. The Morgan fingerprint density at radius 3 is 1.86 bits per heavy atom. The summed E-state index contributed by atoms with van der Waals surface area (Å²) < 4.78 is 0. The van der Waals surface area contributed by atoms with Crippen LogP contribution in [0.4, 0.5) is 0 Å². The van der Waals surface area contributed by atoms with E-state index in [9.17, 15) is 19.8 Å². The van der Waals surface area contributed by atoms with Gasteiger partial charge in [0.15, 0.2) is 0 Å². The highest BCUT2D eigenvalue weighted by Crippen LogP contribution is 2.29. The van der Waals surface area contributed by atoms with Crippen LogP contribution in [0.3, 0.4) is 0 Å². The summed E-state index contributed by atoms with van der Waals surface area (Å²) in [5.74, 6) is 0.491. The quantitative estimate of drug-likeness (QED) is 0.242. The minimum atomic E-state index is -1.04. The van der Waals surface area contributed by atoms with Gasteiger partial charge in [-0.25, -0.2) is 0 Å². The van der Waals surface area contributed by atoms with Gasteiger partial charge >= 0.3 is 0 Å². The minimum absolute atomic E-state index is 0.0797. The van der Waals surface area contributed by atoms with Crippen LogP contribution in [0.15, 0.2) is 0 Å². The molecule has 2 aliphatic carbocycles. The molecule has 1 unspecified atom stereocenters. The number of hydrogen-bond donors (Lipinski definition) is 5. The molecule has 7 nitrogen and oxygen atoms in total. The lowest BCUT2D eigenvalue weighted by molar-refractivity contribution is -0.132. The van der Waals surface area contributed by atoms with E-state index in [-0.39, 0.29) is 23.7 Å². The molecule has 2 saturated carbocycles. The maximum Gasteiger partial charge on any atom is 0.243 e. The number of aliphatic hydroxyl groups is 2. The summed E-state index contributed by atoms with van der Waals surface area (Å²) >= 11 is 0. The molecule has 0 saturated heterocycles. The van der Waals surface area contributed by atoms with Gasteiger partial charge in [0.2, 0.25) is 11.8 Å². The Labute approximate surface area is 219 Å². The van der Waals surface area contributed by atoms with E-state index in [1.807, 2.05) is 27.7 Å². The molecule has 36 heavy (non-hydrogen) atoms. The fourth-order valence-electron chi connectivity index (χ4n) is 6.08. The van der Waals surface area contributed by atoms with E-state index in [0.717, 1.165) is 32.1 Å². The zero-order chi connectivity index (χ0) is 26.7. The average molecular weight is 510 g/mol. The van der Waals surface area contributed by atoms with Crippen LogP contribution >= 0.6 is 0 Å². The average Bonchev–Trinajstić information content (AvgIpc) is 2.86. The van der Waals surface area contributed by atoms with E-state index < -0.39 is 30.3 Å². The first-order valence-corrected chi connectivity index (χ1v) is 14.8. The zero-order valence-corrected chi connectivity index (χ0v) is 23.4. The Morgan fingerprint density at radius 2 is 1.36 bits per heavy atom. The summed E-state index contributed by atoms with van der Waals surface area (Å²) in [6.07, 6.45) is 12.2. The first-order chi connectivity index (χ1) is 17.1. The number of carbonyl (C=O) groups is 2. The minimum Gasteiger partial charge on any atom is -0.390 e. The van der Waals surface area contributed by atoms with Crippen molar-refractivity contribution in [3.8, 4) is 0 Å². The predicted octanol–water partition coefficient (Wildman–Crippen LogP) is 4.04. The molecule has 6 atom stereocenters. The molecule has 7 heteroatoms. The van der Waals surface area contributed by atoms with Crippen LogP contribution in [0, 0.1) is 23.7 Å². The van der Waals surface area contributed by atoms with E-state index in [1.54, 1.807) is 0 Å². The van der Waals surface area contributed by atoms with Gasteiger partial charge in [-0.2, -0.15) is 0 Å². The van der Waals surface area contributed by atoms with Crippen LogP contribution in [-0.4, -0.2) is 52.4 Å². The Morgan fingerprint density at radius 1 is 0.833 bits per heavy atom. The fraction of sp³-hybridized carbons (Fsp3) is 0.931. The van der Waals surface area contributed by atoms with E-state index in [0.29, 0.717) is 31.1 Å². The number of aliphatic hydroxyl groups excluding tert-OH is 2. The predicted molar refractivity (Wildman–Crippen MR) is 145 cm³/mol. The number of hydrogen-bond acceptors (Lipinski definition) is 5. The van der Waals surface area contributed by atoms with Gasteiger partial charge in [0.05, 0.1) is 18.2 Å². The molecule has 0 aromatic carbocycles. The van der Waals surface area contributed by atoms with Crippen molar-refractivity contribution < 1.29 is 19.8 Å². The van der Waals surface area contributed by atoms with Crippen molar-refractivity contribution >= 4 is 11.8 Å². The lowest BCUT2D eigenvalue weighted by atomic mass is 9.82. The molecule has 2 amide bonds. The van der Waals surface area contributed by atoms with E-state index in [4.69, 9.17) is 5.73 Å². The molecule has 0 heterocycles. The summed E-state index contributed by atoms with van der Waals surface area (Å²) in [5.41, 5.74) is 6.28. The number of carbonyl (C=O) groups excluding carboxylic acids is 2. The molecule has 2 rings (SSSR count). The molecule has 0 radical (unpaired) electrons. The zero-order valence-electron chi connectivity index (χ0n) is 23.4. The van der Waals surface area contributed by atoms with Crippen LogP contribution in [0.2, 0.25) is 0 Å². The Balaban J connectivity index is 2.08. The third-order valence-corrected chi connectivity index (χ3v) is 8.60. The maximum atomic E-state index is 13.5. The summed E-state index contributed by atoms with van der Waals surface area (Å²) in [7, 11) is 0. The number of nitrogens with two attached hydrogens (primary N) is 1. The fourth-order valence-corrected chi connectivity index (χ4v) is 6.08. The third-order valence-electron chi connectivity index (χ3n) is 8.60. The Hall–Kier alpha value is -1.18. The number of nitrogens with one attached hydrogen (secondary N) is 2. The van der Waals surface area contributed by atoms with Crippen molar-refractivity contribution in [3.63, 3.8) is 0 Å². The second-order valence-electron chi connectivity index (χ2n) is 12.3. The molecule has 0 aromatic rings. The Bertz CT molecular complexity index is 646. The van der Waals surface area contributed by atoms with Crippen LogP contribution in [0.1, 0.15) is 118 Å². The second-order valence-corrected chi connectivity index (χ2v) is 12.3. The Kier molecular flexibility index (Phi) is 13.7. The van der Waals surface area contributed by atoms with Crippen molar-refractivity contribution in [2.24, 2.45) is 29.4 Å². The van der Waals surface area contributed by atoms with E-state index >= 15 is 0 Å². The van der Waals surface area contributed by atoms with Crippen LogP contribution in [-0.2, 0) is 9.59 Å². The molecule has 2 fully saturated rings. The molecule has 0 aromatic heterocycles. The molecule has 210 valence electrons. The second kappa shape index (κ2) is 15.9. The van der Waals surface area contributed by atoms with Crippen molar-refractivity contribution in [2.45, 2.75) is 148 Å². The van der Waals surface area contributed by atoms with Gasteiger partial charge in [-0.05, 0) is 42.9 Å². The standard InChI is InChI=1S/C29H55N3O4/c1-5-20(4)26(32-28(35)23(30)17-21-12-8-6-9-13-21)29(36)31-24(18-22-14-10-7-11-15-22)27(34)25(33)16-19(2)3/h19-27,33-34H,5-18,30H2,1-4H3,(H,31,36)(H,32,35)/t20?,23-,24-,25-,26-,27+/m0/s1. The molecule has 0 aliphatic heterocycles. The lowest BCUT2D eigenvalue weighted by Crippen LogP contribution is -2.58. The monoisotopic (exact) mass is 509 g/mol. The van der Waals surface area contributed by atoms with E-state index in [1.165, 1.54) is 38.5 Å². The van der Waals surface area contributed by atoms with Crippen molar-refractivity contribution in [2.75, 3.05) is 0 Å². The molecular weight excluding hydrogens is 454 g/mol. The summed E-state index contributed by atoms with van der Waals surface area (Å²) in [5, 5.41) is 27.7. The summed E-state index contributed by atoms with van der Waals surface area (Å²) in [4.78, 5) is 26.5. The summed E-state index contributed by atoms with van der Waals surface area (Å²) in [6, 6.07) is -1.89. The maximum absolute atomic E-state index is 13.5. The lowest BCUT2D eigenvalue weighted by Gasteiger charge is -2.34. The van der Waals surface area contributed by atoms with Gasteiger partial charge in [0.25, 0.3) is 0 Å². The highest BCUT2D eigenvalue weighted by molar-refractivity contribution is 5.90. The topological polar surface area (TPSA) is 125 Å². The van der Waals surface area contributed by atoms with Crippen molar-refractivity contribution in [3.05, 3.63) is 0 Å². The first-order valence-electron chi connectivity index (χ1n) is 14.8. The smallest absolute Gasteiger partial charge is 0.243 e. The van der Waals surface area contributed by atoms with Gasteiger partial charge < -0.3 is 26.6 Å². The largest absolute Gasteiger partial charge is 0.390 e. The molecule has 0 bridgehead atoms. The van der Waals surface area contributed by atoms with Crippen LogP contribution < -0.4 is 16.4 Å². The van der Waals surface area contributed by atoms with Gasteiger partial charge in [-0.15, -0.1) is 0 Å². The molecular formula is C29H55N3O4. The number of amides is 2. The first kappa shape index (κ1) is 31.0. The van der Waals surface area contributed by atoms with Gasteiger partial charge in [0.1, 0.15) is 12.1 Å². The van der Waals surface area contributed by atoms with Gasteiger partial charge in [-0.1, -0.05) is 98.3 Å². The molecule has 6 N–H and O–H groups in total. The third kappa shape index (κ3) is 10.3. The van der Waals surface area contributed by atoms with Crippen molar-refractivity contribution in [1.82, 2.24) is 10.6 Å². The SMILES string of the molecule is CCC(C)[C@H](NC(=O)[C@@H](N)CC1CCCCC1)C(=O)N[C@@H](CC1CCCCC1)[C@@H](O)[C@@H](O)CC(C)C. The normalized spacial score (nSPS) is 22.9.